The summed E-state index contributed by atoms with van der Waals surface area (Å²) < 4.78 is 8.58. The zero-order valence-corrected chi connectivity index (χ0v) is 28.9. The highest BCUT2D eigenvalue weighted by atomic mass is 16.3. The van der Waals surface area contributed by atoms with Crippen LogP contribution in [0.25, 0.3) is 106 Å². The van der Waals surface area contributed by atoms with Gasteiger partial charge in [0, 0.05) is 33.5 Å². The molecule has 0 saturated heterocycles. The van der Waals surface area contributed by atoms with E-state index in [-0.39, 0.29) is 0 Å². The number of fused-ring (bicyclic) bond motifs is 7. The van der Waals surface area contributed by atoms with Gasteiger partial charge in [0.05, 0.1) is 22.1 Å². The van der Waals surface area contributed by atoms with E-state index in [4.69, 9.17) is 24.4 Å². The molecule has 54 heavy (non-hydrogen) atoms. The minimum atomic E-state index is 0.476. The number of rotatable bonds is 5. The SMILES string of the molecule is c1ccc(-c2ccc3cc(-c4nc(-c5ccccc5-n5c6ccccc6c6ccccc65)nc(-c5nccc6oc7ccccc7c56)n4)ccc3c2)cc1. The van der Waals surface area contributed by atoms with Crippen LogP contribution in [0.3, 0.4) is 0 Å². The minimum Gasteiger partial charge on any atom is -0.456 e. The number of furan rings is 1. The second-order valence-corrected chi connectivity index (χ2v) is 13.5. The van der Waals surface area contributed by atoms with Gasteiger partial charge in [-0.05, 0) is 70.4 Å². The second-order valence-electron chi connectivity index (χ2n) is 13.5. The summed E-state index contributed by atoms with van der Waals surface area (Å²) in [5.74, 6) is 1.59. The predicted molar refractivity (Wildman–Crippen MR) is 218 cm³/mol. The number of pyridine rings is 1. The normalized spacial score (nSPS) is 11.7. The molecule has 4 aromatic heterocycles. The molecule has 0 aliphatic heterocycles. The van der Waals surface area contributed by atoms with Crippen molar-refractivity contribution in [2.45, 2.75) is 0 Å². The monoisotopic (exact) mass is 691 g/mol. The Kier molecular flexibility index (Phi) is 6.75. The van der Waals surface area contributed by atoms with Crippen molar-refractivity contribution in [1.29, 1.82) is 0 Å². The molecule has 0 bridgehead atoms. The van der Waals surface area contributed by atoms with E-state index in [1.54, 1.807) is 6.20 Å². The average molecular weight is 692 g/mol. The molecule has 0 radical (unpaired) electrons. The standard InChI is InChI=1S/C48H29N5O/c1-2-12-30(13-3-1)31-22-23-33-29-34(25-24-32(33)28-31)46-50-47(52-48(51-46)45-44-38-17-7-11-21-42(38)54-43(44)26-27-49-45)37-16-6-10-20-41(37)53-39-18-8-4-14-35(39)36-15-5-9-19-40(36)53/h1-29H. The highest BCUT2D eigenvalue weighted by molar-refractivity contribution is 6.11. The lowest BCUT2D eigenvalue weighted by atomic mass is 10.00. The third-order valence-corrected chi connectivity index (χ3v) is 10.3. The first-order valence-corrected chi connectivity index (χ1v) is 18.0. The molecular weight excluding hydrogens is 663 g/mol. The second kappa shape index (κ2) is 12.1. The van der Waals surface area contributed by atoms with Crippen LogP contribution < -0.4 is 0 Å². The number of benzene rings is 7. The van der Waals surface area contributed by atoms with Crippen LogP contribution in [0.2, 0.25) is 0 Å². The molecule has 0 N–H and O–H groups in total. The zero-order chi connectivity index (χ0) is 35.6. The molecule has 11 aromatic rings. The van der Waals surface area contributed by atoms with Gasteiger partial charge in [-0.1, -0.05) is 121 Å². The largest absolute Gasteiger partial charge is 0.456 e. The number of para-hydroxylation sites is 4. The van der Waals surface area contributed by atoms with E-state index in [0.717, 1.165) is 60.6 Å². The van der Waals surface area contributed by atoms with E-state index >= 15 is 0 Å². The Morgan fingerprint density at radius 1 is 0.426 bits per heavy atom. The Hall–Kier alpha value is -7.44. The van der Waals surface area contributed by atoms with Gasteiger partial charge in [0.1, 0.15) is 16.9 Å². The molecule has 0 atom stereocenters. The molecule has 0 fully saturated rings. The van der Waals surface area contributed by atoms with Gasteiger partial charge in [0.15, 0.2) is 17.5 Å². The zero-order valence-electron chi connectivity index (χ0n) is 28.9. The van der Waals surface area contributed by atoms with E-state index in [0.29, 0.717) is 23.2 Å². The first kappa shape index (κ1) is 30.2. The van der Waals surface area contributed by atoms with Gasteiger partial charge in [0.2, 0.25) is 0 Å². The van der Waals surface area contributed by atoms with Crippen molar-refractivity contribution in [3.8, 4) is 51.1 Å². The first-order valence-electron chi connectivity index (χ1n) is 18.0. The Bertz CT molecular complexity index is 3180. The number of nitrogens with zero attached hydrogens (tertiary/aromatic N) is 5. The summed E-state index contributed by atoms with van der Waals surface area (Å²) in [7, 11) is 0. The Labute approximate surface area is 309 Å². The highest BCUT2D eigenvalue weighted by Gasteiger charge is 2.22. The summed E-state index contributed by atoms with van der Waals surface area (Å²) in [5.41, 5.74) is 9.49. The summed E-state index contributed by atoms with van der Waals surface area (Å²) in [6.45, 7) is 0. The Balaban J connectivity index is 1.15. The summed E-state index contributed by atoms with van der Waals surface area (Å²) >= 11 is 0. The van der Waals surface area contributed by atoms with Gasteiger partial charge in [0.25, 0.3) is 0 Å². The topological polar surface area (TPSA) is 69.6 Å². The molecular formula is C48H29N5O. The quantitative estimate of drug-likeness (QED) is 0.180. The summed E-state index contributed by atoms with van der Waals surface area (Å²) in [4.78, 5) is 20.5. The molecule has 6 nitrogen and oxygen atoms in total. The van der Waals surface area contributed by atoms with Gasteiger partial charge in [-0.25, -0.2) is 15.0 Å². The van der Waals surface area contributed by atoms with Crippen molar-refractivity contribution in [2.75, 3.05) is 0 Å². The lowest BCUT2D eigenvalue weighted by Crippen LogP contribution is -2.04. The van der Waals surface area contributed by atoms with Crippen LogP contribution in [0.1, 0.15) is 0 Å². The van der Waals surface area contributed by atoms with Crippen LogP contribution in [-0.2, 0) is 0 Å². The van der Waals surface area contributed by atoms with Crippen LogP contribution in [0.4, 0.5) is 0 Å². The van der Waals surface area contributed by atoms with E-state index in [9.17, 15) is 0 Å². The van der Waals surface area contributed by atoms with Gasteiger partial charge in [-0.15, -0.1) is 0 Å². The van der Waals surface area contributed by atoms with Crippen molar-refractivity contribution < 1.29 is 4.42 Å². The summed E-state index contributed by atoms with van der Waals surface area (Å²) in [5, 5.41) is 6.46. The van der Waals surface area contributed by atoms with Gasteiger partial charge >= 0.3 is 0 Å². The lowest BCUT2D eigenvalue weighted by Gasteiger charge is -2.14. The molecule has 0 saturated carbocycles. The molecule has 4 heterocycles. The van der Waals surface area contributed by atoms with E-state index in [2.05, 4.69) is 138 Å². The van der Waals surface area contributed by atoms with Crippen molar-refractivity contribution in [3.05, 3.63) is 176 Å². The van der Waals surface area contributed by atoms with Crippen molar-refractivity contribution in [3.63, 3.8) is 0 Å². The molecule has 6 heteroatoms. The maximum atomic E-state index is 6.27. The predicted octanol–water partition coefficient (Wildman–Crippen LogP) is 12.1. The molecule has 0 aliphatic carbocycles. The Morgan fingerprint density at radius 3 is 1.83 bits per heavy atom. The third-order valence-electron chi connectivity index (χ3n) is 10.3. The fraction of sp³-hybridized carbons (Fsp3) is 0. The Morgan fingerprint density at radius 2 is 1.04 bits per heavy atom. The van der Waals surface area contributed by atoms with E-state index < -0.39 is 0 Å². The lowest BCUT2D eigenvalue weighted by molar-refractivity contribution is 0.668. The maximum Gasteiger partial charge on any atom is 0.183 e. The van der Waals surface area contributed by atoms with Crippen molar-refractivity contribution >= 4 is 54.5 Å². The van der Waals surface area contributed by atoms with Crippen LogP contribution in [0, 0.1) is 0 Å². The van der Waals surface area contributed by atoms with Gasteiger partial charge in [-0.2, -0.15) is 0 Å². The number of aromatic nitrogens is 5. The van der Waals surface area contributed by atoms with Crippen LogP contribution in [-0.4, -0.2) is 24.5 Å². The van der Waals surface area contributed by atoms with Gasteiger partial charge < -0.3 is 8.98 Å². The summed E-state index contributed by atoms with van der Waals surface area (Å²) in [6, 6.07) is 58.7. The third kappa shape index (κ3) is 4.81. The van der Waals surface area contributed by atoms with Crippen molar-refractivity contribution in [1.82, 2.24) is 24.5 Å². The fourth-order valence-electron chi connectivity index (χ4n) is 7.81. The number of hydrogen-bond acceptors (Lipinski definition) is 5. The fourth-order valence-corrected chi connectivity index (χ4v) is 7.81. The van der Waals surface area contributed by atoms with E-state index in [1.807, 2.05) is 36.4 Å². The number of hydrogen-bond donors (Lipinski definition) is 0. The molecule has 0 unspecified atom stereocenters. The highest BCUT2D eigenvalue weighted by Crippen LogP contribution is 2.38. The average Bonchev–Trinajstić information content (AvgIpc) is 3.79. The summed E-state index contributed by atoms with van der Waals surface area (Å²) in [6.07, 6.45) is 1.76. The van der Waals surface area contributed by atoms with Crippen molar-refractivity contribution in [2.24, 2.45) is 0 Å². The maximum absolute atomic E-state index is 6.27. The minimum absolute atomic E-state index is 0.476. The molecule has 252 valence electrons. The smallest absolute Gasteiger partial charge is 0.183 e. The van der Waals surface area contributed by atoms with E-state index in [1.165, 1.54) is 21.9 Å². The van der Waals surface area contributed by atoms with Crippen LogP contribution in [0.5, 0.6) is 0 Å². The first-order chi connectivity index (χ1) is 26.8. The van der Waals surface area contributed by atoms with Crippen LogP contribution >= 0.6 is 0 Å². The molecule has 11 rings (SSSR count). The van der Waals surface area contributed by atoms with Crippen LogP contribution in [0.15, 0.2) is 180 Å². The molecule has 0 spiro atoms. The molecule has 0 amide bonds. The van der Waals surface area contributed by atoms with Gasteiger partial charge in [-0.3, -0.25) is 4.98 Å². The molecule has 7 aromatic carbocycles. The molecule has 0 aliphatic rings.